The van der Waals surface area contributed by atoms with Gasteiger partial charge < -0.3 is 14.5 Å². The molecule has 0 bridgehead atoms. The molecule has 0 saturated heterocycles. The lowest BCUT2D eigenvalue weighted by Gasteiger charge is -2.18. The number of methoxy groups -OCH3 is 1. The zero-order valence-electron chi connectivity index (χ0n) is 16.8. The second-order valence-corrected chi connectivity index (χ2v) is 8.48. The van der Waals surface area contributed by atoms with Gasteiger partial charge in [0.2, 0.25) is 0 Å². The molecule has 2 heterocycles. The van der Waals surface area contributed by atoms with E-state index in [1.807, 2.05) is 43.3 Å². The largest absolute Gasteiger partial charge is 0.495 e. The predicted molar refractivity (Wildman–Crippen MR) is 117 cm³/mol. The molecule has 1 aliphatic carbocycles. The molecule has 0 aliphatic heterocycles. The third-order valence-corrected chi connectivity index (χ3v) is 6.31. The minimum Gasteiger partial charge on any atom is -0.495 e. The quantitative estimate of drug-likeness (QED) is 0.544. The smallest absolute Gasteiger partial charge is 0.259 e. The van der Waals surface area contributed by atoms with Gasteiger partial charge in [0.15, 0.2) is 0 Å². The molecule has 2 aromatic heterocycles. The first-order chi connectivity index (χ1) is 14.0. The van der Waals surface area contributed by atoms with Gasteiger partial charge in [-0.1, -0.05) is 19.1 Å². The van der Waals surface area contributed by atoms with E-state index < -0.39 is 0 Å². The molecule has 1 N–H and O–H groups in total. The molecule has 6 heteroatoms. The summed E-state index contributed by atoms with van der Waals surface area (Å²) in [6.07, 6.45) is 4.66. The van der Waals surface area contributed by atoms with Crippen molar-refractivity contribution in [3.05, 3.63) is 63.9 Å². The number of hydrogen-bond donors (Lipinski definition) is 1. The van der Waals surface area contributed by atoms with E-state index in [9.17, 15) is 4.79 Å². The molecule has 4 rings (SSSR count). The third kappa shape index (κ3) is 4.12. The van der Waals surface area contributed by atoms with Gasteiger partial charge in [-0.25, -0.2) is 4.99 Å². The third-order valence-electron chi connectivity index (χ3n) is 5.15. The van der Waals surface area contributed by atoms with E-state index in [1.165, 1.54) is 4.88 Å². The van der Waals surface area contributed by atoms with Crippen LogP contribution in [-0.4, -0.2) is 19.2 Å². The van der Waals surface area contributed by atoms with Crippen molar-refractivity contribution in [3.8, 4) is 5.75 Å². The van der Waals surface area contributed by atoms with E-state index in [2.05, 4.69) is 17.2 Å². The number of thiophene rings is 1. The average molecular weight is 409 g/mol. The molecule has 0 spiro atoms. The minimum atomic E-state index is -0.149. The van der Waals surface area contributed by atoms with Gasteiger partial charge in [0, 0.05) is 4.88 Å². The topological polar surface area (TPSA) is 63.8 Å². The molecule has 1 aliphatic rings. The number of nitrogens with one attached hydrogen (secondary N) is 1. The molecule has 1 amide bonds. The van der Waals surface area contributed by atoms with Crippen LogP contribution in [0.3, 0.4) is 0 Å². The summed E-state index contributed by atoms with van der Waals surface area (Å²) in [7, 11) is 1.60. The van der Waals surface area contributed by atoms with E-state index in [-0.39, 0.29) is 5.91 Å². The van der Waals surface area contributed by atoms with E-state index in [0.29, 0.717) is 28.7 Å². The molecular weight excluding hydrogens is 384 g/mol. The van der Waals surface area contributed by atoms with Crippen LogP contribution >= 0.6 is 11.3 Å². The van der Waals surface area contributed by atoms with E-state index in [0.717, 1.165) is 35.6 Å². The molecule has 0 unspecified atom stereocenters. The van der Waals surface area contributed by atoms with Crippen molar-refractivity contribution in [2.24, 2.45) is 10.9 Å². The molecule has 0 fully saturated rings. The van der Waals surface area contributed by atoms with E-state index in [1.54, 1.807) is 24.7 Å². The van der Waals surface area contributed by atoms with Crippen LogP contribution in [-0.2, 0) is 12.8 Å². The second-order valence-electron chi connectivity index (χ2n) is 7.39. The van der Waals surface area contributed by atoms with Gasteiger partial charge in [-0.05, 0) is 61.9 Å². The Labute approximate surface area is 174 Å². The Morgan fingerprint density at radius 2 is 2.14 bits per heavy atom. The van der Waals surface area contributed by atoms with Crippen molar-refractivity contribution >= 4 is 34.1 Å². The van der Waals surface area contributed by atoms with Crippen molar-refractivity contribution < 1.29 is 13.9 Å². The van der Waals surface area contributed by atoms with Gasteiger partial charge in [0.05, 0.1) is 24.6 Å². The molecule has 5 nitrogen and oxygen atoms in total. The summed E-state index contributed by atoms with van der Waals surface area (Å²) in [4.78, 5) is 19.2. The van der Waals surface area contributed by atoms with Crippen LogP contribution in [0.15, 0.2) is 45.8 Å². The Bertz CT molecular complexity index is 1060. The van der Waals surface area contributed by atoms with Gasteiger partial charge in [-0.2, -0.15) is 0 Å². The number of ether oxygens (including phenoxy) is 1. The first-order valence-electron chi connectivity index (χ1n) is 9.74. The fraction of sp³-hybridized carbons (Fsp3) is 0.304. The lowest BCUT2D eigenvalue weighted by molar-refractivity contribution is 0.102. The Kier molecular flexibility index (Phi) is 5.53. The summed E-state index contributed by atoms with van der Waals surface area (Å²) in [5.41, 5.74) is 2.45. The lowest BCUT2D eigenvalue weighted by atomic mass is 9.88. The minimum absolute atomic E-state index is 0.149. The summed E-state index contributed by atoms with van der Waals surface area (Å²) in [6.45, 7) is 4.15. The van der Waals surface area contributed by atoms with Crippen LogP contribution in [0, 0.1) is 12.8 Å². The van der Waals surface area contributed by atoms with Gasteiger partial charge in [-0.3, -0.25) is 4.79 Å². The normalized spacial score (nSPS) is 16.0. The Balaban J connectivity index is 1.70. The molecule has 1 atom stereocenters. The highest BCUT2D eigenvalue weighted by Crippen LogP contribution is 2.41. The maximum Gasteiger partial charge on any atom is 0.259 e. The Hall–Kier alpha value is -2.86. The van der Waals surface area contributed by atoms with Crippen molar-refractivity contribution in [2.75, 3.05) is 12.4 Å². The first kappa shape index (κ1) is 19.5. The van der Waals surface area contributed by atoms with Crippen molar-refractivity contribution in [1.29, 1.82) is 0 Å². The maximum atomic E-state index is 13.3. The number of carbonyl (C=O) groups is 1. The highest BCUT2D eigenvalue weighted by Gasteiger charge is 2.28. The highest BCUT2D eigenvalue weighted by molar-refractivity contribution is 7.16. The summed E-state index contributed by atoms with van der Waals surface area (Å²) in [5.74, 6) is 2.62. The number of amides is 1. The number of furan rings is 1. The predicted octanol–water partition coefficient (Wildman–Crippen LogP) is 5.79. The van der Waals surface area contributed by atoms with Crippen molar-refractivity contribution in [2.45, 2.75) is 33.1 Å². The van der Waals surface area contributed by atoms with Crippen LogP contribution in [0.4, 0.5) is 10.7 Å². The monoisotopic (exact) mass is 408 g/mol. The van der Waals surface area contributed by atoms with Gasteiger partial charge >= 0.3 is 0 Å². The maximum absolute atomic E-state index is 13.3. The molecular formula is C23H24N2O3S. The molecule has 29 heavy (non-hydrogen) atoms. The van der Waals surface area contributed by atoms with Crippen LogP contribution in [0.1, 0.15) is 45.7 Å². The summed E-state index contributed by atoms with van der Waals surface area (Å²) in [5, 5.41) is 3.74. The Morgan fingerprint density at radius 3 is 2.90 bits per heavy atom. The average Bonchev–Trinajstić information content (AvgIpc) is 3.29. The molecule has 0 saturated carbocycles. The number of hydrogen-bond acceptors (Lipinski definition) is 5. The zero-order chi connectivity index (χ0) is 20.4. The number of anilines is 1. The number of fused-ring (bicyclic) bond motifs is 1. The molecule has 1 aromatic carbocycles. The summed E-state index contributed by atoms with van der Waals surface area (Å²) >= 11 is 1.61. The summed E-state index contributed by atoms with van der Waals surface area (Å²) < 4.78 is 11.0. The van der Waals surface area contributed by atoms with E-state index in [4.69, 9.17) is 9.15 Å². The number of aryl methyl sites for hydroxylation is 1. The number of benzene rings is 1. The number of rotatable bonds is 5. The van der Waals surface area contributed by atoms with Crippen LogP contribution < -0.4 is 10.1 Å². The molecule has 150 valence electrons. The molecule has 0 radical (unpaired) electrons. The van der Waals surface area contributed by atoms with E-state index >= 15 is 0 Å². The van der Waals surface area contributed by atoms with Gasteiger partial charge in [0.1, 0.15) is 22.3 Å². The van der Waals surface area contributed by atoms with Crippen LogP contribution in [0.2, 0.25) is 0 Å². The fourth-order valence-electron chi connectivity index (χ4n) is 3.64. The fourth-order valence-corrected chi connectivity index (χ4v) is 4.99. The molecule has 3 aromatic rings. The number of para-hydroxylation sites is 2. The van der Waals surface area contributed by atoms with Crippen molar-refractivity contribution in [3.63, 3.8) is 0 Å². The van der Waals surface area contributed by atoms with Crippen LogP contribution in [0.5, 0.6) is 5.75 Å². The van der Waals surface area contributed by atoms with Crippen molar-refractivity contribution in [1.82, 2.24) is 0 Å². The lowest BCUT2D eigenvalue weighted by Crippen LogP contribution is -2.17. The van der Waals surface area contributed by atoms with Gasteiger partial charge in [0.25, 0.3) is 5.91 Å². The zero-order valence-corrected chi connectivity index (χ0v) is 17.6. The van der Waals surface area contributed by atoms with Gasteiger partial charge in [-0.15, -0.1) is 11.3 Å². The summed E-state index contributed by atoms with van der Waals surface area (Å²) in [6, 6.07) is 11.2. The number of nitrogens with zero attached hydrogens (tertiary/aromatic N) is 1. The first-order valence-corrected chi connectivity index (χ1v) is 10.6. The van der Waals surface area contributed by atoms with Crippen LogP contribution in [0.25, 0.3) is 0 Å². The standard InChI is InChI=1S/C23H24N2O3S/c1-14-8-11-17-20(12-14)29-23(24-13-16-10-9-15(2)28-16)21(17)22(26)25-18-6-4-5-7-19(18)27-3/h4-7,9-10,13-14H,8,11-12H2,1-3H3,(H,25,26)/t14-/m1/s1. The number of aliphatic imine (C=N–C) groups is 1. The number of carbonyl (C=O) groups excluding carboxylic acids is 1. The SMILES string of the molecule is COc1ccccc1NC(=O)c1c(N=Cc2ccc(C)o2)sc2c1CC[C@@H](C)C2. The highest BCUT2D eigenvalue weighted by atomic mass is 32.1. The Morgan fingerprint density at radius 1 is 1.31 bits per heavy atom. The second kappa shape index (κ2) is 8.25.